The van der Waals surface area contributed by atoms with Crippen molar-refractivity contribution in [3.8, 4) is 0 Å². The summed E-state index contributed by atoms with van der Waals surface area (Å²) in [6, 6.07) is 1.91. The van der Waals surface area contributed by atoms with Gasteiger partial charge in [0.1, 0.15) is 12.2 Å². The van der Waals surface area contributed by atoms with Crippen molar-refractivity contribution in [1.29, 1.82) is 0 Å². The van der Waals surface area contributed by atoms with Crippen molar-refractivity contribution >= 4 is 23.3 Å². The van der Waals surface area contributed by atoms with Gasteiger partial charge in [-0.1, -0.05) is 0 Å². The minimum atomic E-state index is -0.995. The van der Waals surface area contributed by atoms with Crippen molar-refractivity contribution in [2.24, 2.45) is 0 Å². The zero-order valence-electron chi connectivity index (χ0n) is 11.3. The van der Waals surface area contributed by atoms with Crippen LogP contribution < -0.4 is 5.32 Å². The van der Waals surface area contributed by atoms with Crippen LogP contribution >= 0.6 is 11.3 Å². The Morgan fingerprint density at radius 1 is 1.55 bits per heavy atom. The summed E-state index contributed by atoms with van der Waals surface area (Å²) < 4.78 is 5.25. The topological polar surface area (TPSA) is 78.9 Å². The molecule has 0 unspecified atom stereocenters. The van der Waals surface area contributed by atoms with Gasteiger partial charge < -0.3 is 20.1 Å². The molecule has 110 valence electrons. The maximum atomic E-state index is 11.8. The number of carboxylic acids is 1. The summed E-state index contributed by atoms with van der Waals surface area (Å²) in [6.07, 6.45) is 0.815. The number of likely N-dealkylation sites (tertiary alicyclic amines) is 1. The van der Waals surface area contributed by atoms with Crippen molar-refractivity contribution in [3.05, 3.63) is 22.4 Å². The van der Waals surface area contributed by atoms with Crippen molar-refractivity contribution in [2.75, 3.05) is 26.2 Å². The number of thiophene rings is 1. The second kappa shape index (κ2) is 6.23. The van der Waals surface area contributed by atoms with Crippen molar-refractivity contribution < 1.29 is 19.4 Å². The van der Waals surface area contributed by atoms with Crippen molar-refractivity contribution in [1.82, 2.24) is 10.2 Å². The molecule has 0 radical (unpaired) electrons. The fourth-order valence-corrected chi connectivity index (χ4v) is 2.80. The number of carbonyl (C=O) groups is 2. The molecule has 6 nitrogen and oxygen atoms in total. The molecule has 1 saturated heterocycles. The van der Waals surface area contributed by atoms with E-state index in [0.717, 1.165) is 6.42 Å². The molecule has 0 spiro atoms. The maximum absolute atomic E-state index is 11.8. The van der Waals surface area contributed by atoms with Crippen LogP contribution in [0.5, 0.6) is 0 Å². The van der Waals surface area contributed by atoms with Crippen LogP contribution in [0.15, 0.2) is 16.8 Å². The number of rotatable bonds is 6. The first-order valence-corrected chi connectivity index (χ1v) is 7.32. The van der Waals surface area contributed by atoms with E-state index >= 15 is 0 Å². The summed E-state index contributed by atoms with van der Waals surface area (Å²) in [5, 5.41) is 15.5. The van der Waals surface area contributed by atoms with E-state index < -0.39 is 11.6 Å². The number of hydrogen-bond acceptors (Lipinski definition) is 4. The highest BCUT2D eigenvalue weighted by atomic mass is 32.1. The molecule has 20 heavy (non-hydrogen) atoms. The quantitative estimate of drug-likeness (QED) is 0.826. The number of urea groups is 1. The summed E-state index contributed by atoms with van der Waals surface area (Å²) in [5.74, 6) is -0.995. The fraction of sp³-hybridized carbons (Fsp3) is 0.538. The van der Waals surface area contributed by atoms with E-state index in [1.165, 1.54) is 5.56 Å². The molecular weight excluding hydrogens is 280 g/mol. The Labute approximate surface area is 121 Å². The Morgan fingerprint density at radius 3 is 2.90 bits per heavy atom. The lowest BCUT2D eigenvalue weighted by Gasteiger charge is -2.46. The van der Waals surface area contributed by atoms with Crippen LogP contribution in [-0.2, 0) is 16.0 Å². The molecular formula is C13H18N2O4S. The lowest BCUT2D eigenvalue weighted by molar-refractivity contribution is -0.159. The molecule has 0 atom stereocenters. The molecule has 0 aliphatic carbocycles. The maximum Gasteiger partial charge on any atom is 0.329 e. The molecule has 1 aliphatic heterocycles. The van der Waals surface area contributed by atoms with Gasteiger partial charge in [0.05, 0.1) is 13.1 Å². The predicted octanol–water partition coefficient (Wildman–Crippen LogP) is 1.18. The molecule has 7 heteroatoms. The average molecular weight is 298 g/mol. The third-order valence-electron chi connectivity index (χ3n) is 3.15. The first-order chi connectivity index (χ1) is 9.48. The molecule has 1 aromatic rings. The fourth-order valence-electron chi connectivity index (χ4n) is 2.09. The number of nitrogens with zero attached hydrogens (tertiary/aromatic N) is 1. The highest BCUT2D eigenvalue weighted by Gasteiger charge is 2.42. The molecule has 0 saturated carbocycles. The second-order valence-corrected chi connectivity index (χ2v) is 5.88. The molecule has 2 amide bonds. The molecule has 1 aliphatic rings. The summed E-state index contributed by atoms with van der Waals surface area (Å²) in [6.45, 7) is 2.92. The Bertz CT molecular complexity index is 469. The summed E-state index contributed by atoms with van der Waals surface area (Å²) in [5.41, 5.74) is 0.678. The van der Waals surface area contributed by atoms with Crippen LogP contribution in [-0.4, -0.2) is 53.8 Å². The summed E-state index contributed by atoms with van der Waals surface area (Å²) >= 11 is 1.64. The Morgan fingerprint density at radius 2 is 2.30 bits per heavy atom. The molecule has 2 heterocycles. The molecule has 2 N–H and O–H groups in total. The number of carboxylic acid groups (broad SMARTS) is 1. The number of carbonyl (C=O) groups excluding carboxylic acids is 1. The van der Waals surface area contributed by atoms with E-state index in [0.29, 0.717) is 19.6 Å². The SMILES string of the molecule is CC1(OCC(=O)O)CN(C(=O)NCCc2ccsc2)C1. The predicted molar refractivity (Wildman–Crippen MR) is 75.0 cm³/mol. The van der Waals surface area contributed by atoms with Gasteiger partial charge in [0.25, 0.3) is 0 Å². The van der Waals surface area contributed by atoms with Crippen LogP contribution in [0, 0.1) is 0 Å². The molecule has 1 fully saturated rings. The van der Waals surface area contributed by atoms with Gasteiger partial charge >= 0.3 is 12.0 Å². The van der Waals surface area contributed by atoms with E-state index in [9.17, 15) is 9.59 Å². The lowest BCUT2D eigenvalue weighted by atomic mass is 9.97. The van der Waals surface area contributed by atoms with Crippen LogP contribution in [0.3, 0.4) is 0 Å². The normalized spacial score (nSPS) is 16.6. The molecule has 0 aromatic carbocycles. The van der Waals surface area contributed by atoms with Crippen LogP contribution in [0.25, 0.3) is 0 Å². The zero-order chi connectivity index (χ0) is 14.6. The third-order valence-corrected chi connectivity index (χ3v) is 3.88. The summed E-state index contributed by atoms with van der Waals surface area (Å²) in [7, 11) is 0. The Hall–Kier alpha value is -1.60. The third kappa shape index (κ3) is 3.94. The van der Waals surface area contributed by atoms with E-state index in [2.05, 4.69) is 10.7 Å². The van der Waals surface area contributed by atoms with Gasteiger partial charge in [-0.15, -0.1) is 0 Å². The van der Waals surface area contributed by atoms with E-state index in [4.69, 9.17) is 9.84 Å². The number of hydrogen-bond donors (Lipinski definition) is 2. The molecule has 2 rings (SSSR count). The Kier molecular flexibility index (Phi) is 4.61. The van der Waals surface area contributed by atoms with E-state index in [1.807, 2.05) is 18.4 Å². The van der Waals surface area contributed by atoms with Gasteiger partial charge in [-0.25, -0.2) is 9.59 Å². The molecule has 0 bridgehead atoms. The monoisotopic (exact) mass is 298 g/mol. The van der Waals surface area contributed by atoms with Gasteiger partial charge in [0.2, 0.25) is 0 Å². The van der Waals surface area contributed by atoms with Crippen LogP contribution in [0.4, 0.5) is 4.79 Å². The smallest absolute Gasteiger partial charge is 0.329 e. The van der Waals surface area contributed by atoms with Gasteiger partial charge in [0, 0.05) is 6.54 Å². The minimum Gasteiger partial charge on any atom is -0.480 e. The largest absolute Gasteiger partial charge is 0.480 e. The van der Waals surface area contributed by atoms with Crippen LogP contribution in [0.1, 0.15) is 12.5 Å². The van der Waals surface area contributed by atoms with Gasteiger partial charge in [-0.05, 0) is 35.7 Å². The first-order valence-electron chi connectivity index (χ1n) is 6.38. The van der Waals surface area contributed by atoms with Crippen molar-refractivity contribution in [3.63, 3.8) is 0 Å². The van der Waals surface area contributed by atoms with E-state index in [-0.39, 0.29) is 12.6 Å². The van der Waals surface area contributed by atoms with E-state index in [1.54, 1.807) is 16.2 Å². The molecule has 1 aromatic heterocycles. The number of nitrogens with one attached hydrogen (secondary N) is 1. The lowest BCUT2D eigenvalue weighted by Crippen LogP contribution is -2.65. The zero-order valence-corrected chi connectivity index (χ0v) is 12.1. The Balaban J connectivity index is 1.64. The number of amides is 2. The highest BCUT2D eigenvalue weighted by Crippen LogP contribution is 2.24. The highest BCUT2D eigenvalue weighted by molar-refractivity contribution is 7.07. The average Bonchev–Trinajstić information content (AvgIpc) is 2.86. The number of aliphatic carboxylic acids is 1. The van der Waals surface area contributed by atoms with Gasteiger partial charge in [-0.2, -0.15) is 11.3 Å². The standard InChI is InChI=1S/C13H18N2O4S/c1-13(19-6-11(16)17)8-15(9-13)12(18)14-4-2-10-3-5-20-7-10/h3,5,7H,2,4,6,8-9H2,1H3,(H,14,18)(H,16,17). The second-order valence-electron chi connectivity index (χ2n) is 5.10. The number of ether oxygens (including phenoxy) is 1. The first kappa shape index (κ1) is 14.8. The van der Waals surface area contributed by atoms with Crippen molar-refractivity contribution in [2.45, 2.75) is 18.9 Å². The van der Waals surface area contributed by atoms with Gasteiger partial charge in [0.15, 0.2) is 0 Å². The summed E-state index contributed by atoms with van der Waals surface area (Å²) in [4.78, 5) is 23.9. The van der Waals surface area contributed by atoms with Crippen LogP contribution in [0.2, 0.25) is 0 Å². The minimum absolute atomic E-state index is 0.128. The van der Waals surface area contributed by atoms with Gasteiger partial charge in [-0.3, -0.25) is 0 Å².